The summed E-state index contributed by atoms with van der Waals surface area (Å²) < 4.78 is 152. The van der Waals surface area contributed by atoms with Crippen molar-refractivity contribution in [3.8, 4) is 102 Å². The fourth-order valence-corrected chi connectivity index (χ4v) is 12.5. The van der Waals surface area contributed by atoms with Gasteiger partial charge in [-0.2, -0.15) is 0 Å². The van der Waals surface area contributed by atoms with Gasteiger partial charge in [-0.3, -0.25) is 33.2 Å². The maximum Gasteiger partial charge on any atom is 0.276 e. The number of amides is 6. The van der Waals surface area contributed by atoms with E-state index in [2.05, 4.69) is 61.8 Å². The third-order valence-corrected chi connectivity index (χ3v) is 19.0. The van der Waals surface area contributed by atoms with E-state index < -0.39 is 74.0 Å². The van der Waals surface area contributed by atoms with Crippen molar-refractivity contribution < 1.29 is 124 Å². The smallest absolute Gasteiger partial charge is 0.276 e. The van der Waals surface area contributed by atoms with Crippen LogP contribution in [0.4, 0.5) is 26.3 Å². The number of carbonyl (C=O) groups excluding carboxylic acids is 6. The first-order chi connectivity index (χ1) is 63.5. The van der Waals surface area contributed by atoms with Crippen LogP contribution in [0.1, 0.15) is 103 Å². The molecule has 0 fully saturated rings. The number of hydrogen-bond acceptors (Lipinski definition) is 27. The van der Waals surface area contributed by atoms with E-state index in [1.165, 1.54) is 75.7 Å². The molecule has 0 saturated heterocycles. The first-order valence-electron chi connectivity index (χ1n) is 39.4. The second-order valence-electron chi connectivity index (χ2n) is 26.2. The molecule has 45 heteroatoms. The predicted molar refractivity (Wildman–Crippen MR) is 476 cm³/mol. The molecule has 12 aromatic rings. The average Bonchev–Trinajstić information content (AvgIpc) is 1.66. The molecule has 0 spiro atoms. The minimum Gasteiger partial charge on any atom is -0.495 e. The van der Waals surface area contributed by atoms with E-state index in [9.17, 15) is 55.1 Å². The van der Waals surface area contributed by atoms with E-state index in [0.29, 0.717) is 110 Å². The molecule has 0 aliphatic carbocycles. The maximum absolute atomic E-state index is 13.3. The van der Waals surface area contributed by atoms with Crippen molar-refractivity contribution in [3.63, 3.8) is 0 Å². The zero-order valence-electron chi connectivity index (χ0n) is 72.2. The van der Waals surface area contributed by atoms with Gasteiger partial charge in [-0.15, -0.1) is 0 Å². The Labute approximate surface area is 781 Å². The lowest BCUT2D eigenvalue weighted by Crippen LogP contribution is -2.32. The Bertz CT molecular complexity index is 5690. The number of alkyl halides is 6. The van der Waals surface area contributed by atoms with Crippen LogP contribution in [0.5, 0.6) is 34.5 Å². The minimum atomic E-state index is -1.57. The summed E-state index contributed by atoms with van der Waals surface area (Å²) in [6.07, 6.45) is 1.86. The second kappa shape index (κ2) is 55.5. The summed E-state index contributed by atoms with van der Waals surface area (Å²) in [4.78, 5) is 95.5. The SMILES string of the molecule is CCC([18F])NC(=O)c1ncoc1-c1ccc(OC)c(Cl)c1.CCOC([18F])CNC(=O)c1ncoc1-c1ccc(OC)c(Cl)c1.COc1ccc(-c2ocnc2C(=O)NCC(C)[18F])cc1Cl.COc1ccc(-c2ocnc2C(=O)NCCC[18F])cc1Cl.COc1ccc(-c2ocnc2C(=O)NCCOC(C)[18F])cc1Cl.COc1ccc(-c2ocnc2C(=O)NCCOCC[18F])cc1Cl. The monoisotopic (exact) mass is 1960 g/mol. The molecule has 6 heterocycles. The third-order valence-electron chi connectivity index (χ3n) is 17.2. The van der Waals surface area contributed by atoms with Gasteiger partial charge in [-0.1, -0.05) is 76.5 Å². The predicted octanol–water partition coefficient (Wildman–Crippen LogP) is 18.5. The molecule has 6 aromatic carbocycles. The zero-order valence-corrected chi connectivity index (χ0v) is 76.7. The first-order valence-corrected chi connectivity index (χ1v) is 41.6. The van der Waals surface area contributed by atoms with Crippen LogP contribution in [0.2, 0.25) is 30.1 Å². The number of hydrogen-bond donors (Lipinski definition) is 6. The molecule has 4 unspecified atom stereocenters. The van der Waals surface area contributed by atoms with Crippen LogP contribution < -0.4 is 60.3 Å². The lowest BCUT2D eigenvalue weighted by Gasteiger charge is -2.09. The number of rotatable bonds is 38. The molecule has 6 amide bonds. The van der Waals surface area contributed by atoms with Crippen molar-refractivity contribution in [2.45, 2.75) is 65.7 Å². The Morgan fingerprint density at radius 2 is 0.629 bits per heavy atom. The fraction of sp³-hybridized carbons (Fsp3) is 0.310. The number of ether oxygens (including phenoxy) is 9. The minimum absolute atomic E-state index is 0.00679. The van der Waals surface area contributed by atoms with Gasteiger partial charge in [-0.25, -0.2) is 51.9 Å². The molecule has 4 atom stereocenters. The van der Waals surface area contributed by atoms with E-state index in [-0.39, 0.29) is 129 Å². The van der Waals surface area contributed by atoms with Gasteiger partial charge in [-0.05, 0) is 143 Å². The van der Waals surface area contributed by atoms with Crippen molar-refractivity contribution in [2.24, 2.45) is 0 Å². The average molecular weight is 1960 g/mol. The summed E-state index contributed by atoms with van der Waals surface area (Å²) in [6, 6.07) is 29.8. The molecule has 6 N–H and O–H groups in total. The number of nitrogens with one attached hydrogen (secondary N) is 6. The quantitative estimate of drug-likeness (QED) is 0.0119. The van der Waals surface area contributed by atoms with E-state index >= 15 is 0 Å². The highest BCUT2D eigenvalue weighted by molar-refractivity contribution is 6.34. The van der Waals surface area contributed by atoms with Gasteiger partial charge in [0, 0.05) is 66.2 Å². The molecule has 0 aliphatic heterocycles. The Hall–Kier alpha value is -12.6. The number of aromatic nitrogens is 6. The molecule has 708 valence electrons. The number of nitrogens with zero attached hydrogens (tertiary/aromatic N) is 6. The molecule has 0 aliphatic rings. The summed E-state index contributed by atoms with van der Waals surface area (Å²) in [5.41, 5.74) is 3.99. The lowest BCUT2D eigenvalue weighted by atomic mass is 10.1. The molecule has 33 nitrogen and oxygen atoms in total. The van der Waals surface area contributed by atoms with Gasteiger partial charge < -0.3 is 101 Å². The molecule has 132 heavy (non-hydrogen) atoms. The highest BCUT2D eigenvalue weighted by Gasteiger charge is 2.27. The van der Waals surface area contributed by atoms with Crippen molar-refractivity contribution in [3.05, 3.63) is 212 Å². The molecule has 0 radical (unpaired) electrons. The molecule has 0 bridgehead atoms. The number of methoxy groups -OCH3 is 6. The van der Waals surface area contributed by atoms with Gasteiger partial charge in [0.05, 0.1) is 106 Å². The van der Waals surface area contributed by atoms with Gasteiger partial charge in [0.25, 0.3) is 35.4 Å². The Morgan fingerprint density at radius 3 is 0.879 bits per heavy atom. The topological polar surface area (TPSA) is 414 Å². The van der Waals surface area contributed by atoms with Crippen LogP contribution in [0.15, 0.2) is 174 Å². The zero-order chi connectivity index (χ0) is 96.3. The van der Waals surface area contributed by atoms with Crippen LogP contribution in [-0.2, 0) is 14.2 Å². The number of halogens is 12. The summed E-state index contributed by atoms with van der Waals surface area (Å²) >= 11 is 36.3. The Morgan fingerprint density at radius 1 is 0.356 bits per heavy atom. The van der Waals surface area contributed by atoms with Crippen LogP contribution in [-0.4, -0.2) is 206 Å². The summed E-state index contributed by atoms with van der Waals surface area (Å²) in [5, 5.41) is 17.1. The Kier molecular flexibility index (Phi) is 44.8. The summed E-state index contributed by atoms with van der Waals surface area (Å²) in [6.45, 7) is 5.65. The molecular weight excluding hydrogens is 1870 g/mol. The standard InChI is InChI=1S/3C15H16ClFN2O4.3C14H14ClFN2O3/c1-9(17)22-6-5-18-15(20)13-14(23-8-19-13)10-3-4-12(21-2)11(16)7-10;1-21-12-3-2-10(8-11(12)16)14-13(19-9-23-14)15(20)18-5-7-22-6-4-17;1-3-22-12(17)7-18-15(20)13-14(23-8-19-13)9-4-5-11(21-2)10(16)6-9;1-8(16)6-17-14(19)12-13(21-7-18-12)9-3-4-11(20-2)10(15)5-9;1-20-11-4-3-9(7-10(11)15)13-12(18-8-21-13)14(19)17-6-2-5-16;1-3-11(16)18-14(19)12-13(21-7-17-12)8-4-5-10(20-2)9(15)6-8/h3-4,7-9H,5-6H2,1-2H3,(H,18,20);2-3,8-9H,4-7H2,1H3,(H,18,20);4-6,8,12H,3,7H2,1-2H3,(H,18,20);3-5,7-8H,6H2,1-2H3,(H,17,19);3-4,7-8H,2,5-6H2,1H3,(H,17,19);4-7,11H,3H2,1-2H3,(H,18,19)/i3*17-1;3*16-1. The molecule has 0 saturated carbocycles. The van der Waals surface area contributed by atoms with Gasteiger partial charge >= 0.3 is 0 Å². The van der Waals surface area contributed by atoms with E-state index in [4.69, 9.17) is 139 Å². The summed E-state index contributed by atoms with van der Waals surface area (Å²) in [5.74, 6) is 1.69. The van der Waals surface area contributed by atoms with Crippen molar-refractivity contribution in [1.29, 1.82) is 0 Å². The van der Waals surface area contributed by atoms with E-state index in [1.54, 1.807) is 123 Å². The number of oxazole rings is 6. The van der Waals surface area contributed by atoms with Crippen molar-refractivity contribution in [1.82, 2.24) is 61.8 Å². The van der Waals surface area contributed by atoms with Gasteiger partial charge in [0.15, 0.2) is 120 Å². The number of benzene rings is 6. The maximum atomic E-state index is 13.3. The summed E-state index contributed by atoms with van der Waals surface area (Å²) in [7, 11) is 9.04. The molecule has 6 aromatic heterocycles. The first kappa shape index (κ1) is 106. The van der Waals surface area contributed by atoms with E-state index in [1.807, 2.05) is 0 Å². The van der Waals surface area contributed by atoms with Crippen LogP contribution in [0.3, 0.4) is 0 Å². The lowest BCUT2D eigenvalue weighted by molar-refractivity contribution is -0.0293. The normalized spacial score (nSPS) is 11.5. The molecule has 12 rings (SSSR count). The Balaban J connectivity index is 0.000000217. The highest BCUT2D eigenvalue weighted by atomic mass is 35.5. The number of carbonyl (C=O) groups is 6. The van der Waals surface area contributed by atoms with Crippen LogP contribution >= 0.6 is 69.6 Å². The van der Waals surface area contributed by atoms with Gasteiger partial charge in [0.2, 0.25) is 6.36 Å². The molecular formula is C87H90Cl6F6N12O21. The second-order valence-corrected chi connectivity index (χ2v) is 28.7. The van der Waals surface area contributed by atoms with Crippen molar-refractivity contribution in [2.75, 3.05) is 115 Å². The van der Waals surface area contributed by atoms with Crippen LogP contribution in [0, 0.1) is 0 Å². The van der Waals surface area contributed by atoms with Crippen LogP contribution in [0.25, 0.3) is 67.9 Å². The highest BCUT2D eigenvalue weighted by Crippen LogP contribution is 2.38. The van der Waals surface area contributed by atoms with Gasteiger partial charge in [0.1, 0.15) is 47.3 Å². The third kappa shape index (κ3) is 31.9. The largest absolute Gasteiger partial charge is 0.495 e. The van der Waals surface area contributed by atoms with E-state index in [0.717, 1.165) is 19.2 Å². The fourth-order valence-electron chi connectivity index (χ4n) is 10.9. The van der Waals surface area contributed by atoms with Crippen molar-refractivity contribution >= 4 is 105 Å².